The second-order valence-corrected chi connectivity index (χ2v) is 5.89. The number of nitrogens with one attached hydrogen (secondary N) is 1. The van der Waals surface area contributed by atoms with Crippen molar-refractivity contribution in [2.75, 3.05) is 26.0 Å². The Kier molecular flexibility index (Phi) is 6.74. The van der Waals surface area contributed by atoms with Gasteiger partial charge in [0, 0.05) is 18.8 Å². The Bertz CT molecular complexity index is 839. The third kappa shape index (κ3) is 5.60. The molecule has 7 heteroatoms. The predicted octanol–water partition coefficient (Wildman–Crippen LogP) is 3.60. The lowest BCUT2D eigenvalue weighted by Gasteiger charge is -2.15. The van der Waals surface area contributed by atoms with E-state index in [-0.39, 0.29) is 17.5 Å². The number of halogens is 2. The Labute approximate surface area is 156 Å². The molecular weight excluding hydrogens is 359 g/mol. The van der Waals surface area contributed by atoms with Crippen molar-refractivity contribution in [1.82, 2.24) is 4.90 Å². The van der Waals surface area contributed by atoms with E-state index in [1.165, 1.54) is 30.2 Å². The monoisotopic (exact) mass is 376 g/mol. The normalized spacial score (nSPS) is 10.6. The van der Waals surface area contributed by atoms with Gasteiger partial charge in [-0.2, -0.15) is 0 Å². The number of hydrogen-bond donors (Lipinski definition) is 1. The highest BCUT2D eigenvalue weighted by Gasteiger charge is 2.11. The molecule has 26 heavy (non-hydrogen) atoms. The molecular formula is C19H18ClFN2O3. The van der Waals surface area contributed by atoms with Gasteiger partial charge in [-0.05, 0) is 42.0 Å². The van der Waals surface area contributed by atoms with Crippen LogP contribution in [0.4, 0.5) is 10.1 Å². The molecule has 0 atom stereocenters. The SMILES string of the molecule is COc1cccc(/C=C/C(=O)N(C)CC(=O)Nc2ccc(F)c(Cl)c2)c1. The predicted molar refractivity (Wildman–Crippen MR) is 99.7 cm³/mol. The fraction of sp³-hybridized carbons (Fsp3) is 0.158. The van der Waals surface area contributed by atoms with Crippen LogP contribution < -0.4 is 10.1 Å². The first-order valence-electron chi connectivity index (χ1n) is 7.71. The molecule has 0 saturated carbocycles. The third-order valence-corrected chi connectivity index (χ3v) is 3.76. The van der Waals surface area contributed by atoms with Gasteiger partial charge in [0.25, 0.3) is 0 Å². The Morgan fingerprint density at radius 1 is 1.27 bits per heavy atom. The standard InChI is InChI=1S/C19H18ClFN2O3/c1-23(12-18(24)22-14-7-8-17(21)16(20)11-14)19(25)9-6-13-4-3-5-15(10-13)26-2/h3-11H,12H2,1-2H3,(H,22,24)/b9-6+. The summed E-state index contributed by atoms with van der Waals surface area (Å²) in [5.41, 5.74) is 1.16. The summed E-state index contributed by atoms with van der Waals surface area (Å²) in [7, 11) is 3.07. The average molecular weight is 377 g/mol. The van der Waals surface area contributed by atoms with Gasteiger partial charge < -0.3 is 15.0 Å². The maximum Gasteiger partial charge on any atom is 0.246 e. The Morgan fingerprint density at radius 2 is 2.04 bits per heavy atom. The number of rotatable bonds is 6. The fourth-order valence-electron chi connectivity index (χ4n) is 2.11. The zero-order valence-electron chi connectivity index (χ0n) is 14.3. The van der Waals surface area contributed by atoms with Crippen LogP contribution in [0.2, 0.25) is 5.02 Å². The second kappa shape index (κ2) is 9.01. The molecule has 0 aliphatic carbocycles. The van der Waals surface area contributed by atoms with Crippen LogP contribution in [0.5, 0.6) is 5.75 Å². The molecule has 0 fully saturated rings. The lowest BCUT2D eigenvalue weighted by atomic mass is 10.2. The average Bonchev–Trinajstić information content (AvgIpc) is 2.62. The summed E-state index contributed by atoms with van der Waals surface area (Å²) in [6, 6.07) is 11.1. The van der Waals surface area contributed by atoms with E-state index in [4.69, 9.17) is 16.3 Å². The van der Waals surface area contributed by atoms with Gasteiger partial charge in [-0.3, -0.25) is 9.59 Å². The molecule has 2 aromatic rings. The molecule has 0 aliphatic rings. The first-order valence-corrected chi connectivity index (χ1v) is 8.09. The van der Waals surface area contributed by atoms with E-state index in [0.29, 0.717) is 11.4 Å². The van der Waals surface area contributed by atoms with Crippen molar-refractivity contribution in [2.45, 2.75) is 0 Å². The third-order valence-electron chi connectivity index (χ3n) is 3.47. The number of ether oxygens (including phenoxy) is 1. The zero-order valence-corrected chi connectivity index (χ0v) is 15.1. The van der Waals surface area contributed by atoms with E-state index in [1.54, 1.807) is 25.3 Å². The van der Waals surface area contributed by atoms with Gasteiger partial charge in [0.15, 0.2) is 0 Å². The van der Waals surface area contributed by atoms with Crippen LogP contribution in [0.15, 0.2) is 48.5 Å². The number of methoxy groups -OCH3 is 1. The molecule has 0 bridgehead atoms. The van der Waals surface area contributed by atoms with Crippen LogP contribution in [0.3, 0.4) is 0 Å². The fourth-order valence-corrected chi connectivity index (χ4v) is 2.29. The van der Waals surface area contributed by atoms with Crippen LogP contribution in [-0.2, 0) is 9.59 Å². The highest BCUT2D eigenvalue weighted by atomic mass is 35.5. The highest BCUT2D eigenvalue weighted by Crippen LogP contribution is 2.19. The van der Waals surface area contributed by atoms with Gasteiger partial charge in [0.05, 0.1) is 18.7 Å². The van der Waals surface area contributed by atoms with Crippen LogP contribution in [0.1, 0.15) is 5.56 Å². The molecule has 5 nitrogen and oxygen atoms in total. The van der Waals surface area contributed by atoms with Crippen molar-refractivity contribution < 1.29 is 18.7 Å². The second-order valence-electron chi connectivity index (χ2n) is 5.48. The van der Waals surface area contributed by atoms with Gasteiger partial charge >= 0.3 is 0 Å². The van der Waals surface area contributed by atoms with Gasteiger partial charge in [0.2, 0.25) is 11.8 Å². The molecule has 0 aromatic heterocycles. The van der Waals surface area contributed by atoms with Gasteiger partial charge in [-0.25, -0.2) is 4.39 Å². The number of amides is 2. The lowest BCUT2D eigenvalue weighted by Crippen LogP contribution is -2.33. The number of benzene rings is 2. The van der Waals surface area contributed by atoms with E-state index in [2.05, 4.69) is 5.32 Å². The molecule has 136 valence electrons. The number of hydrogen-bond acceptors (Lipinski definition) is 3. The number of anilines is 1. The maximum atomic E-state index is 13.1. The molecule has 0 unspecified atom stereocenters. The minimum Gasteiger partial charge on any atom is -0.497 e. The summed E-state index contributed by atoms with van der Waals surface area (Å²) >= 11 is 5.67. The molecule has 2 rings (SSSR count). The molecule has 0 aliphatic heterocycles. The number of likely N-dealkylation sites (N-methyl/N-ethyl adjacent to an activating group) is 1. The summed E-state index contributed by atoms with van der Waals surface area (Å²) in [5.74, 6) is -0.636. The van der Waals surface area contributed by atoms with Crippen LogP contribution in [-0.4, -0.2) is 37.4 Å². The Morgan fingerprint density at radius 3 is 2.73 bits per heavy atom. The molecule has 2 aromatic carbocycles. The van der Waals surface area contributed by atoms with E-state index in [0.717, 1.165) is 11.6 Å². The van der Waals surface area contributed by atoms with Crippen molar-refractivity contribution in [1.29, 1.82) is 0 Å². The molecule has 0 radical (unpaired) electrons. The smallest absolute Gasteiger partial charge is 0.246 e. The molecule has 0 heterocycles. The largest absolute Gasteiger partial charge is 0.497 e. The van der Waals surface area contributed by atoms with Gasteiger partial charge in [0.1, 0.15) is 11.6 Å². The quantitative estimate of drug-likeness (QED) is 0.784. The zero-order chi connectivity index (χ0) is 19.1. The molecule has 0 saturated heterocycles. The summed E-state index contributed by atoms with van der Waals surface area (Å²) in [6.07, 6.45) is 3.01. The van der Waals surface area contributed by atoms with Crippen molar-refractivity contribution in [3.05, 3.63) is 64.9 Å². The van der Waals surface area contributed by atoms with E-state index in [1.807, 2.05) is 12.1 Å². The molecule has 0 spiro atoms. The van der Waals surface area contributed by atoms with Crippen molar-refractivity contribution in [3.8, 4) is 5.75 Å². The van der Waals surface area contributed by atoms with Crippen molar-refractivity contribution in [3.63, 3.8) is 0 Å². The molecule has 1 N–H and O–H groups in total. The number of carbonyl (C=O) groups excluding carboxylic acids is 2. The summed E-state index contributed by atoms with van der Waals surface area (Å²) in [4.78, 5) is 25.4. The molecule has 2 amide bonds. The first kappa shape index (κ1) is 19.5. The van der Waals surface area contributed by atoms with Crippen LogP contribution in [0, 0.1) is 5.82 Å². The lowest BCUT2D eigenvalue weighted by molar-refractivity contribution is -0.129. The Hall–Kier alpha value is -2.86. The minimum absolute atomic E-state index is 0.0894. The van der Waals surface area contributed by atoms with Crippen LogP contribution in [0.25, 0.3) is 6.08 Å². The summed E-state index contributed by atoms with van der Waals surface area (Å²) in [6.45, 7) is -0.156. The van der Waals surface area contributed by atoms with Gasteiger partial charge in [-0.15, -0.1) is 0 Å². The van der Waals surface area contributed by atoms with E-state index >= 15 is 0 Å². The maximum absolute atomic E-state index is 13.1. The van der Waals surface area contributed by atoms with Crippen molar-refractivity contribution in [2.24, 2.45) is 0 Å². The van der Waals surface area contributed by atoms with E-state index in [9.17, 15) is 14.0 Å². The highest BCUT2D eigenvalue weighted by molar-refractivity contribution is 6.31. The minimum atomic E-state index is -0.570. The van der Waals surface area contributed by atoms with Crippen molar-refractivity contribution >= 4 is 35.2 Å². The summed E-state index contributed by atoms with van der Waals surface area (Å²) < 4.78 is 18.2. The number of carbonyl (C=O) groups is 2. The van der Waals surface area contributed by atoms with Gasteiger partial charge in [-0.1, -0.05) is 23.7 Å². The topological polar surface area (TPSA) is 58.6 Å². The van der Waals surface area contributed by atoms with E-state index < -0.39 is 11.7 Å². The Balaban J connectivity index is 1.91. The number of nitrogens with zero attached hydrogens (tertiary/aromatic N) is 1. The van der Waals surface area contributed by atoms with Crippen LogP contribution >= 0.6 is 11.6 Å². The summed E-state index contributed by atoms with van der Waals surface area (Å²) in [5, 5.41) is 2.47. The first-order chi connectivity index (χ1) is 12.4.